The van der Waals surface area contributed by atoms with Gasteiger partial charge in [0.1, 0.15) is 0 Å². The van der Waals surface area contributed by atoms with E-state index < -0.39 is 10.8 Å². The molecule has 2 N–H and O–H groups in total. The molecule has 0 aromatic heterocycles. The van der Waals surface area contributed by atoms with Crippen molar-refractivity contribution in [1.29, 1.82) is 0 Å². The molecule has 2 aromatic carbocycles. The van der Waals surface area contributed by atoms with Gasteiger partial charge in [0.2, 0.25) is 5.91 Å². The highest BCUT2D eigenvalue weighted by Crippen LogP contribution is 2.18. The summed E-state index contributed by atoms with van der Waals surface area (Å²) in [5, 5.41) is 6.28. The predicted octanol–water partition coefficient (Wildman–Crippen LogP) is 3.50. The molecule has 0 saturated carbocycles. The molecule has 140 valence electrons. The van der Waals surface area contributed by atoms with Gasteiger partial charge in [-0.05, 0) is 49.2 Å². The molecule has 6 heteroatoms. The maximum Gasteiger partial charge on any atom is 0.227 e. The Bertz CT molecular complexity index is 734. The van der Waals surface area contributed by atoms with Crippen LogP contribution < -0.4 is 10.6 Å². The van der Waals surface area contributed by atoms with Crippen molar-refractivity contribution < 1.29 is 9.00 Å². The Kier molecular flexibility index (Phi) is 8.29. The number of amides is 1. The first kappa shape index (κ1) is 20.6. The van der Waals surface area contributed by atoms with E-state index in [1.165, 1.54) is 0 Å². The van der Waals surface area contributed by atoms with Gasteiger partial charge in [0.25, 0.3) is 0 Å². The molecule has 1 fully saturated rings. The number of nitrogens with one attached hydrogen (secondary N) is 2. The summed E-state index contributed by atoms with van der Waals surface area (Å²) in [6, 6.07) is 17.6. The van der Waals surface area contributed by atoms with Crippen LogP contribution in [0.2, 0.25) is 0 Å². The summed E-state index contributed by atoms with van der Waals surface area (Å²) in [6.45, 7) is 1.80. The zero-order valence-electron chi connectivity index (χ0n) is 14.6. The highest BCUT2D eigenvalue weighted by atomic mass is 35.5. The van der Waals surface area contributed by atoms with Crippen molar-refractivity contribution in [3.63, 3.8) is 0 Å². The summed E-state index contributed by atoms with van der Waals surface area (Å²) >= 11 is 0. The van der Waals surface area contributed by atoms with Crippen molar-refractivity contribution in [2.45, 2.75) is 24.3 Å². The Morgan fingerprint density at radius 1 is 1.00 bits per heavy atom. The van der Waals surface area contributed by atoms with Crippen molar-refractivity contribution in [1.82, 2.24) is 5.32 Å². The fourth-order valence-corrected chi connectivity index (χ4v) is 4.28. The number of halogens is 1. The molecule has 0 spiro atoms. The Morgan fingerprint density at radius 3 is 2.38 bits per heavy atom. The second kappa shape index (κ2) is 10.5. The summed E-state index contributed by atoms with van der Waals surface area (Å²) in [7, 11) is -0.968. The second-order valence-corrected chi connectivity index (χ2v) is 7.89. The van der Waals surface area contributed by atoms with Gasteiger partial charge in [0, 0.05) is 33.9 Å². The Balaban J connectivity index is 0.00000243. The molecule has 0 bridgehead atoms. The molecule has 2 aromatic rings. The van der Waals surface area contributed by atoms with Crippen LogP contribution in [0.15, 0.2) is 54.6 Å². The normalized spacial score (nSPS) is 15.7. The molecule has 0 aliphatic carbocycles. The standard InChI is InChI=1S/C20H24N2O2S.ClH/c23-20(18-9-11-21-12-10-18)22-19-8-4-7-17(13-19)15-25(24)14-16-5-2-1-3-6-16;/h1-8,13,18,21H,9-12,14-15H2,(H,22,23);1H. The predicted molar refractivity (Wildman–Crippen MR) is 110 cm³/mol. The van der Waals surface area contributed by atoms with Gasteiger partial charge in [-0.1, -0.05) is 42.5 Å². The summed E-state index contributed by atoms with van der Waals surface area (Å²) in [6.07, 6.45) is 1.76. The lowest BCUT2D eigenvalue weighted by atomic mass is 9.97. The summed E-state index contributed by atoms with van der Waals surface area (Å²) in [4.78, 5) is 12.3. The average Bonchev–Trinajstić information content (AvgIpc) is 2.63. The molecule has 1 aliphatic heterocycles. The fraction of sp³-hybridized carbons (Fsp3) is 0.350. The first-order valence-corrected chi connectivity index (χ1v) is 10.2. The molecule has 26 heavy (non-hydrogen) atoms. The third kappa shape index (κ3) is 6.24. The molecule has 1 aliphatic rings. The number of hydrogen-bond acceptors (Lipinski definition) is 3. The molecule has 1 amide bonds. The molecule has 0 radical (unpaired) electrons. The van der Waals surface area contributed by atoms with Gasteiger partial charge in [-0.2, -0.15) is 0 Å². The van der Waals surface area contributed by atoms with Crippen LogP contribution in [0.1, 0.15) is 24.0 Å². The summed E-state index contributed by atoms with van der Waals surface area (Å²) < 4.78 is 12.4. The minimum atomic E-state index is -0.968. The lowest BCUT2D eigenvalue weighted by Crippen LogP contribution is -2.34. The van der Waals surface area contributed by atoms with Gasteiger partial charge in [0.05, 0.1) is 0 Å². The largest absolute Gasteiger partial charge is 0.326 e. The maximum absolute atomic E-state index is 12.4. The van der Waals surface area contributed by atoms with Crippen molar-refractivity contribution >= 4 is 34.8 Å². The zero-order chi connectivity index (χ0) is 17.5. The molecule has 3 rings (SSSR count). The molecule has 1 saturated heterocycles. The van der Waals surface area contributed by atoms with Gasteiger partial charge in [0.15, 0.2) is 0 Å². The third-order valence-electron chi connectivity index (χ3n) is 4.40. The van der Waals surface area contributed by atoms with Gasteiger partial charge in [-0.25, -0.2) is 0 Å². The lowest BCUT2D eigenvalue weighted by Gasteiger charge is -2.21. The maximum atomic E-state index is 12.4. The van der Waals surface area contributed by atoms with Crippen molar-refractivity contribution in [3.8, 4) is 0 Å². The average molecular weight is 393 g/mol. The van der Waals surface area contributed by atoms with Gasteiger partial charge < -0.3 is 10.6 Å². The Hall–Kier alpha value is -1.69. The van der Waals surface area contributed by atoms with Gasteiger partial charge in [-0.15, -0.1) is 12.4 Å². The van der Waals surface area contributed by atoms with Crippen molar-refractivity contribution in [2.24, 2.45) is 5.92 Å². The topological polar surface area (TPSA) is 58.2 Å². The quantitative estimate of drug-likeness (QED) is 0.791. The number of benzene rings is 2. The fourth-order valence-electron chi connectivity index (χ4n) is 3.06. The summed E-state index contributed by atoms with van der Waals surface area (Å²) in [5.41, 5.74) is 2.85. The third-order valence-corrected chi connectivity index (χ3v) is 5.71. The highest BCUT2D eigenvalue weighted by molar-refractivity contribution is 7.83. The Morgan fingerprint density at radius 2 is 1.65 bits per heavy atom. The van der Waals surface area contributed by atoms with Crippen LogP contribution in [-0.2, 0) is 27.1 Å². The van der Waals surface area contributed by atoms with Crippen LogP contribution in [0.4, 0.5) is 5.69 Å². The van der Waals surface area contributed by atoms with Crippen LogP contribution in [0.25, 0.3) is 0 Å². The van der Waals surface area contributed by atoms with E-state index in [2.05, 4.69) is 10.6 Å². The number of hydrogen-bond donors (Lipinski definition) is 2. The number of anilines is 1. The van der Waals surface area contributed by atoms with E-state index in [0.717, 1.165) is 42.7 Å². The van der Waals surface area contributed by atoms with E-state index in [-0.39, 0.29) is 24.2 Å². The van der Waals surface area contributed by atoms with Crippen molar-refractivity contribution in [3.05, 3.63) is 65.7 Å². The molecule has 1 heterocycles. The Labute approximate surface area is 163 Å². The van der Waals surface area contributed by atoms with E-state index >= 15 is 0 Å². The van der Waals surface area contributed by atoms with E-state index in [4.69, 9.17) is 0 Å². The molecule has 1 atom stereocenters. The van der Waals surface area contributed by atoms with Crippen LogP contribution >= 0.6 is 12.4 Å². The van der Waals surface area contributed by atoms with E-state index in [1.54, 1.807) is 0 Å². The van der Waals surface area contributed by atoms with Gasteiger partial charge >= 0.3 is 0 Å². The molecular weight excluding hydrogens is 368 g/mol. The lowest BCUT2D eigenvalue weighted by molar-refractivity contribution is -0.120. The van der Waals surface area contributed by atoms with Gasteiger partial charge in [-0.3, -0.25) is 9.00 Å². The summed E-state index contributed by atoms with van der Waals surface area (Å²) in [5.74, 6) is 1.21. The van der Waals surface area contributed by atoms with E-state index in [1.807, 2.05) is 54.6 Å². The molecule has 4 nitrogen and oxygen atoms in total. The van der Waals surface area contributed by atoms with Crippen LogP contribution in [0, 0.1) is 5.92 Å². The number of piperidine rings is 1. The number of carbonyl (C=O) groups is 1. The number of carbonyl (C=O) groups excluding carboxylic acids is 1. The smallest absolute Gasteiger partial charge is 0.227 e. The molecule has 1 unspecified atom stereocenters. The van der Waals surface area contributed by atoms with Crippen LogP contribution in [0.3, 0.4) is 0 Å². The van der Waals surface area contributed by atoms with Crippen LogP contribution in [-0.4, -0.2) is 23.2 Å². The highest BCUT2D eigenvalue weighted by Gasteiger charge is 2.20. The van der Waals surface area contributed by atoms with Crippen molar-refractivity contribution in [2.75, 3.05) is 18.4 Å². The van der Waals surface area contributed by atoms with Crippen LogP contribution in [0.5, 0.6) is 0 Å². The monoisotopic (exact) mass is 392 g/mol. The zero-order valence-corrected chi connectivity index (χ0v) is 16.3. The minimum Gasteiger partial charge on any atom is -0.326 e. The van der Waals surface area contributed by atoms with E-state index in [0.29, 0.717) is 11.5 Å². The molecular formula is C20H25ClN2O2S. The SMILES string of the molecule is Cl.O=C(Nc1cccc(CS(=O)Cc2ccccc2)c1)C1CCNCC1. The van der Waals surface area contributed by atoms with E-state index in [9.17, 15) is 9.00 Å². The first-order chi connectivity index (χ1) is 12.2. The first-order valence-electron chi connectivity index (χ1n) is 8.70. The second-order valence-electron chi connectivity index (χ2n) is 6.43. The number of rotatable bonds is 6. The minimum absolute atomic E-state index is 0.